The van der Waals surface area contributed by atoms with Gasteiger partial charge in [0.1, 0.15) is 0 Å². The van der Waals surface area contributed by atoms with E-state index in [-0.39, 0.29) is 0 Å². The van der Waals surface area contributed by atoms with Crippen molar-refractivity contribution >= 4 is 44.9 Å². The van der Waals surface area contributed by atoms with Gasteiger partial charge in [0.15, 0.2) is 0 Å². The standard InChI is InChI=1S/C43H30N4/c1-3-11-31(12-4-1)33-19-23-35(24-20-33)45(36-25-21-34(22-26-36)32-13-5-2-6-14-32)37-27-29-38(30-28-37)46-41-17-9-10-18-42(41)47-40-16-8-7-15-39(40)44-43(46)47/h1-30H. The molecule has 9 rings (SSSR count). The van der Waals surface area contributed by atoms with Crippen molar-refractivity contribution in [2.45, 2.75) is 0 Å². The molecule has 0 radical (unpaired) electrons. The van der Waals surface area contributed by atoms with Crippen molar-refractivity contribution in [2.24, 2.45) is 0 Å². The molecule has 0 N–H and O–H groups in total. The van der Waals surface area contributed by atoms with E-state index in [1.807, 2.05) is 6.07 Å². The van der Waals surface area contributed by atoms with Gasteiger partial charge in [0.2, 0.25) is 5.78 Å². The zero-order chi connectivity index (χ0) is 31.2. The summed E-state index contributed by atoms with van der Waals surface area (Å²) < 4.78 is 4.51. The number of anilines is 3. The maximum atomic E-state index is 5.06. The second-order valence-electron chi connectivity index (χ2n) is 11.7. The molecule has 2 heterocycles. The summed E-state index contributed by atoms with van der Waals surface area (Å²) in [5.74, 6) is 0.907. The van der Waals surface area contributed by atoms with Crippen molar-refractivity contribution in [2.75, 3.05) is 4.90 Å². The number of aromatic nitrogens is 3. The third-order valence-corrected chi connectivity index (χ3v) is 8.94. The predicted octanol–water partition coefficient (Wildman–Crippen LogP) is 11.2. The molecule has 0 unspecified atom stereocenters. The summed E-state index contributed by atoms with van der Waals surface area (Å²) in [4.78, 5) is 7.38. The zero-order valence-electron chi connectivity index (χ0n) is 25.6. The van der Waals surface area contributed by atoms with Gasteiger partial charge < -0.3 is 4.90 Å². The van der Waals surface area contributed by atoms with E-state index in [0.717, 1.165) is 50.6 Å². The first-order valence-electron chi connectivity index (χ1n) is 15.9. The fourth-order valence-corrected chi connectivity index (χ4v) is 6.67. The number of para-hydroxylation sites is 4. The van der Waals surface area contributed by atoms with Gasteiger partial charge in [0.25, 0.3) is 0 Å². The number of hydrogen-bond acceptors (Lipinski definition) is 2. The van der Waals surface area contributed by atoms with Gasteiger partial charge in [-0.05, 0) is 95.1 Å². The Balaban J connectivity index is 1.15. The Kier molecular flexibility index (Phi) is 6.43. The maximum Gasteiger partial charge on any atom is 0.220 e. The van der Waals surface area contributed by atoms with Gasteiger partial charge in [0, 0.05) is 22.7 Å². The highest BCUT2D eigenvalue weighted by Crippen LogP contribution is 2.38. The quantitative estimate of drug-likeness (QED) is 0.189. The van der Waals surface area contributed by atoms with Crippen LogP contribution in [0.1, 0.15) is 0 Å². The van der Waals surface area contributed by atoms with E-state index in [2.05, 4.69) is 190 Å². The molecular formula is C43H30N4. The van der Waals surface area contributed by atoms with Gasteiger partial charge in [-0.2, -0.15) is 0 Å². The van der Waals surface area contributed by atoms with E-state index in [0.29, 0.717) is 0 Å². The van der Waals surface area contributed by atoms with Crippen molar-refractivity contribution in [3.05, 3.63) is 182 Å². The lowest BCUT2D eigenvalue weighted by molar-refractivity contribution is 1.11. The van der Waals surface area contributed by atoms with Gasteiger partial charge >= 0.3 is 0 Å². The van der Waals surface area contributed by atoms with Gasteiger partial charge in [0.05, 0.1) is 22.1 Å². The summed E-state index contributed by atoms with van der Waals surface area (Å²) in [6.45, 7) is 0. The molecule has 0 aliphatic heterocycles. The number of fused-ring (bicyclic) bond motifs is 5. The van der Waals surface area contributed by atoms with Crippen molar-refractivity contribution in [3.63, 3.8) is 0 Å². The molecule has 0 aliphatic rings. The van der Waals surface area contributed by atoms with E-state index in [1.54, 1.807) is 0 Å². The van der Waals surface area contributed by atoms with Crippen molar-refractivity contribution in [1.82, 2.24) is 14.0 Å². The molecule has 47 heavy (non-hydrogen) atoms. The second-order valence-corrected chi connectivity index (χ2v) is 11.7. The van der Waals surface area contributed by atoms with E-state index in [9.17, 15) is 0 Å². The molecule has 0 fully saturated rings. The minimum atomic E-state index is 0.907. The van der Waals surface area contributed by atoms with E-state index < -0.39 is 0 Å². The molecule has 0 saturated heterocycles. The van der Waals surface area contributed by atoms with Crippen LogP contribution in [0.2, 0.25) is 0 Å². The number of nitrogens with zero attached hydrogens (tertiary/aromatic N) is 4. The molecule has 0 aliphatic carbocycles. The van der Waals surface area contributed by atoms with E-state index >= 15 is 0 Å². The first-order chi connectivity index (χ1) is 23.3. The second kappa shape index (κ2) is 11.2. The van der Waals surface area contributed by atoms with Crippen LogP contribution in [0.4, 0.5) is 17.1 Å². The molecule has 0 spiro atoms. The van der Waals surface area contributed by atoms with Crippen LogP contribution in [0.25, 0.3) is 55.8 Å². The summed E-state index contributed by atoms with van der Waals surface area (Å²) in [5.41, 5.74) is 13.5. The number of rotatable bonds is 6. The van der Waals surface area contributed by atoms with Crippen LogP contribution < -0.4 is 4.90 Å². The number of imidazole rings is 2. The third-order valence-electron chi connectivity index (χ3n) is 8.94. The van der Waals surface area contributed by atoms with Gasteiger partial charge in [-0.1, -0.05) is 109 Å². The first kappa shape index (κ1) is 27.0. The molecular weight excluding hydrogens is 573 g/mol. The average molecular weight is 603 g/mol. The van der Waals surface area contributed by atoms with Crippen molar-refractivity contribution in [1.29, 1.82) is 0 Å². The van der Waals surface area contributed by atoms with Gasteiger partial charge in [-0.15, -0.1) is 0 Å². The Morgan fingerprint density at radius 3 is 1.34 bits per heavy atom. The topological polar surface area (TPSA) is 25.5 Å². The lowest BCUT2D eigenvalue weighted by atomic mass is 10.0. The largest absolute Gasteiger partial charge is 0.311 e. The molecule has 2 aromatic heterocycles. The van der Waals surface area contributed by atoms with Gasteiger partial charge in [-0.3, -0.25) is 8.97 Å². The Hall–Kier alpha value is -6.39. The average Bonchev–Trinajstić information content (AvgIpc) is 3.68. The van der Waals surface area contributed by atoms with Crippen molar-refractivity contribution in [3.8, 4) is 27.9 Å². The molecule has 7 aromatic carbocycles. The highest BCUT2D eigenvalue weighted by molar-refractivity contribution is 5.92. The minimum Gasteiger partial charge on any atom is -0.311 e. The van der Waals surface area contributed by atoms with Crippen LogP contribution in [0, 0.1) is 0 Å². The highest BCUT2D eigenvalue weighted by Gasteiger charge is 2.18. The molecule has 0 atom stereocenters. The normalized spacial score (nSPS) is 11.4. The summed E-state index contributed by atoms with van der Waals surface area (Å²) >= 11 is 0. The highest BCUT2D eigenvalue weighted by atomic mass is 15.2. The number of hydrogen-bond donors (Lipinski definition) is 0. The van der Waals surface area contributed by atoms with Crippen LogP contribution in [-0.4, -0.2) is 14.0 Å². The summed E-state index contributed by atoms with van der Waals surface area (Å²) in [7, 11) is 0. The molecule has 4 nitrogen and oxygen atoms in total. The van der Waals surface area contributed by atoms with Crippen LogP contribution in [0.5, 0.6) is 0 Å². The van der Waals surface area contributed by atoms with Crippen LogP contribution in [0.15, 0.2) is 182 Å². The van der Waals surface area contributed by atoms with Crippen LogP contribution in [0.3, 0.4) is 0 Å². The van der Waals surface area contributed by atoms with Gasteiger partial charge in [-0.25, -0.2) is 4.98 Å². The molecule has 0 saturated carbocycles. The lowest BCUT2D eigenvalue weighted by Crippen LogP contribution is -2.10. The molecule has 0 bridgehead atoms. The molecule has 222 valence electrons. The van der Waals surface area contributed by atoms with Crippen LogP contribution >= 0.6 is 0 Å². The summed E-state index contributed by atoms with van der Waals surface area (Å²) in [6.07, 6.45) is 0. The molecule has 0 amide bonds. The number of benzene rings is 7. The van der Waals surface area contributed by atoms with E-state index in [4.69, 9.17) is 4.98 Å². The smallest absolute Gasteiger partial charge is 0.220 e. The third kappa shape index (κ3) is 4.66. The Morgan fingerprint density at radius 2 is 0.787 bits per heavy atom. The monoisotopic (exact) mass is 602 g/mol. The van der Waals surface area contributed by atoms with Crippen LogP contribution in [-0.2, 0) is 0 Å². The Bertz CT molecular complexity index is 2390. The van der Waals surface area contributed by atoms with E-state index in [1.165, 1.54) is 22.3 Å². The zero-order valence-corrected chi connectivity index (χ0v) is 25.6. The maximum absolute atomic E-state index is 5.06. The Labute approximate surface area is 273 Å². The van der Waals surface area contributed by atoms with Crippen molar-refractivity contribution < 1.29 is 0 Å². The Morgan fingerprint density at radius 1 is 0.362 bits per heavy atom. The molecule has 9 aromatic rings. The fraction of sp³-hybridized carbons (Fsp3) is 0. The summed E-state index contributed by atoms with van der Waals surface area (Å²) in [6, 6.07) is 64.4. The predicted molar refractivity (Wildman–Crippen MR) is 195 cm³/mol. The first-order valence-corrected chi connectivity index (χ1v) is 15.9. The minimum absolute atomic E-state index is 0.907. The summed E-state index contributed by atoms with van der Waals surface area (Å²) in [5, 5.41) is 0. The lowest BCUT2D eigenvalue weighted by Gasteiger charge is -2.26. The fourth-order valence-electron chi connectivity index (χ4n) is 6.67. The molecule has 4 heteroatoms. The SMILES string of the molecule is c1ccc(-c2ccc(N(c3ccc(-c4ccccc4)cc3)c3ccc(-n4c5ccccc5n5c6ccccc6nc45)cc3)cc2)cc1.